The van der Waals surface area contributed by atoms with E-state index in [-0.39, 0.29) is 18.9 Å². The molecule has 0 saturated carbocycles. The Labute approximate surface area is 148 Å². The molecule has 8 heteroatoms. The van der Waals surface area contributed by atoms with E-state index >= 15 is 0 Å². The Balaban J connectivity index is 1.55. The number of ether oxygens (including phenoxy) is 1. The smallest absolute Gasteiger partial charge is 0.330 e. The molecule has 0 aliphatic rings. The normalized spacial score (nSPS) is 10.6. The van der Waals surface area contributed by atoms with E-state index < -0.39 is 5.97 Å². The van der Waals surface area contributed by atoms with Gasteiger partial charge in [0.05, 0.1) is 0 Å². The van der Waals surface area contributed by atoms with Crippen molar-refractivity contribution in [1.29, 1.82) is 0 Å². The fourth-order valence-electron chi connectivity index (χ4n) is 2.33. The van der Waals surface area contributed by atoms with E-state index in [9.17, 15) is 9.59 Å². The SMILES string of the molecule is Cc1ccc(C(=O)COC(=O)Cn2nnc(-c3ccsc3)n2)c(C)c1. The third-order valence-corrected chi connectivity index (χ3v) is 4.23. The van der Waals surface area contributed by atoms with E-state index in [2.05, 4.69) is 15.4 Å². The van der Waals surface area contributed by atoms with Gasteiger partial charge in [-0.05, 0) is 36.1 Å². The van der Waals surface area contributed by atoms with Crippen LogP contribution < -0.4 is 0 Å². The number of rotatable bonds is 6. The Bertz CT molecular complexity index is 903. The Morgan fingerprint density at radius 2 is 2.08 bits per heavy atom. The maximum atomic E-state index is 12.2. The molecule has 0 radical (unpaired) electrons. The van der Waals surface area contributed by atoms with E-state index in [1.807, 2.05) is 42.8 Å². The standard InChI is InChI=1S/C17H16N4O3S/c1-11-3-4-14(12(2)7-11)15(22)9-24-16(23)8-21-19-17(18-20-21)13-5-6-25-10-13/h3-7,10H,8-9H2,1-2H3. The zero-order valence-electron chi connectivity index (χ0n) is 13.8. The molecule has 0 unspecified atom stereocenters. The van der Waals surface area contributed by atoms with Crippen LogP contribution in [0.1, 0.15) is 21.5 Å². The van der Waals surface area contributed by atoms with Crippen molar-refractivity contribution in [1.82, 2.24) is 20.2 Å². The van der Waals surface area contributed by atoms with Gasteiger partial charge < -0.3 is 4.74 Å². The van der Waals surface area contributed by atoms with Gasteiger partial charge in [0.2, 0.25) is 11.6 Å². The number of carbonyl (C=O) groups is 2. The second kappa shape index (κ2) is 7.35. The number of ketones is 1. The first-order valence-corrected chi connectivity index (χ1v) is 8.53. The van der Waals surface area contributed by atoms with E-state index in [1.54, 1.807) is 6.07 Å². The summed E-state index contributed by atoms with van der Waals surface area (Å²) in [5.74, 6) is -0.385. The number of hydrogen-bond donors (Lipinski definition) is 0. The third-order valence-electron chi connectivity index (χ3n) is 3.55. The Kier molecular flexibility index (Phi) is 4.99. The van der Waals surface area contributed by atoms with Crippen LogP contribution in [0.2, 0.25) is 0 Å². The zero-order chi connectivity index (χ0) is 17.8. The van der Waals surface area contributed by atoms with Crippen LogP contribution in [-0.2, 0) is 16.1 Å². The first-order chi connectivity index (χ1) is 12.0. The number of hydrogen-bond acceptors (Lipinski definition) is 7. The van der Waals surface area contributed by atoms with Crippen LogP contribution in [0, 0.1) is 13.8 Å². The van der Waals surface area contributed by atoms with Gasteiger partial charge >= 0.3 is 5.97 Å². The molecule has 7 nitrogen and oxygen atoms in total. The quantitative estimate of drug-likeness (QED) is 0.498. The Morgan fingerprint density at radius 1 is 1.24 bits per heavy atom. The first-order valence-electron chi connectivity index (χ1n) is 7.59. The molecule has 3 rings (SSSR count). The Morgan fingerprint density at radius 3 is 2.80 bits per heavy atom. The van der Waals surface area contributed by atoms with Crippen molar-refractivity contribution in [3.63, 3.8) is 0 Å². The van der Waals surface area contributed by atoms with Crippen molar-refractivity contribution >= 4 is 23.1 Å². The van der Waals surface area contributed by atoms with Crippen molar-refractivity contribution in [3.8, 4) is 11.4 Å². The molecule has 128 valence electrons. The summed E-state index contributed by atoms with van der Waals surface area (Å²) in [6, 6.07) is 7.38. The summed E-state index contributed by atoms with van der Waals surface area (Å²) < 4.78 is 5.03. The van der Waals surface area contributed by atoms with Gasteiger partial charge in [-0.3, -0.25) is 4.79 Å². The van der Waals surface area contributed by atoms with Crippen LogP contribution in [-0.4, -0.2) is 38.6 Å². The molecule has 0 spiro atoms. The summed E-state index contributed by atoms with van der Waals surface area (Å²) >= 11 is 1.52. The molecule has 1 aromatic carbocycles. The van der Waals surface area contributed by atoms with Crippen molar-refractivity contribution in [3.05, 3.63) is 51.7 Å². The zero-order valence-corrected chi connectivity index (χ0v) is 14.6. The number of esters is 1. The average Bonchev–Trinajstić information content (AvgIpc) is 3.23. The fourth-order valence-corrected chi connectivity index (χ4v) is 2.96. The summed E-state index contributed by atoms with van der Waals surface area (Å²) in [6.07, 6.45) is 0. The minimum atomic E-state index is -0.590. The van der Waals surface area contributed by atoms with Gasteiger partial charge in [-0.1, -0.05) is 23.8 Å². The molecule has 0 atom stereocenters. The molecule has 0 saturated heterocycles. The summed E-state index contributed by atoms with van der Waals surface area (Å²) in [4.78, 5) is 25.2. The molecule has 25 heavy (non-hydrogen) atoms. The second-order valence-electron chi connectivity index (χ2n) is 5.56. The summed E-state index contributed by atoms with van der Waals surface area (Å²) in [7, 11) is 0. The van der Waals surface area contributed by atoms with Gasteiger partial charge in [-0.25, -0.2) is 4.79 Å². The van der Waals surface area contributed by atoms with Crippen LogP contribution in [0.5, 0.6) is 0 Å². The predicted molar refractivity (Wildman–Crippen MR) is 92.3 cm³/mol. The summed E-state index contributed by atoms with van der Waals surface area (Å²) in [5.41, 5.74) is 3.33. The largest absolute Gasteiger partial charge is 0.456 e. The van der Waals surface area contributed by atoms with Gasteiger partial charge in [-0.15, -0.1) is 10.2 Å². The average molecular weight is 356 g/mol. The monoisotopic (exact) mass is 356 g/mol. The van der Waals surface area contributed by atoms with Gasteiger partial charge in [0, 0.05) is 16.5 Å². The number of benzene rings is 1. The van der Waals surface area contributed by atoms with Crippen molar-refractivity contribution in [2.45, 2.75) is 20.4 Å². The van der Waals surface area contributed by atoms with Crippen LogP contribution in [0.4, 0.5) is 0 Å². The van der Waals surface area contributed by atoms with Crippen molar-refractivity contribution in [2.24, 2.45) is 0 Å². The maximum Gasteiger partial charge on any atom is 0.330 e. The topological polar surface area (TPSA) is 87.0 Å². The maximum absolute atomic E-state index is 12.2. The van der Waals surface area contributed by atoms with E-state index in [1.165, 1.54) is 11.3 Å². The van der Waals surface area contributed by atoms with Gasteiger partial charge in [0.25, 0.3) is 0 Å². The highest BCUT2D eigenvalue weighted by molar-refractivity contribution is 7.08. The van der Waals surface area contributed by atoms with Gasteiger partial charge in [0.1, 0.15) is 0 Å². The molecule has 0 fully saturated rings. The van der Waals surface area contributed by atoms with Gasteiger partial charge in [0.15, 0.2) is 13.2 Å². The highest BCUT2D eigenvalue weighted by atomic mass is 32.1. The molecule has 0 bridgehead atoms. The lowest BCUT2D eigenvalue weighted by atomic mass is 10.0. The van der Waals surface area contributed by atoms with E-state index in [0.717, 1.165) is 21.5 Å². The lowest BCUT2D eigenvalue weighted by Crippen LogP contribution is -2.20. The highest BCUT2D eigenvalue weighted by Gasteiger charge is 2.14. The number of tetrazole rings is 1. The Hall–Kier alpha value is -2.87. The molecule has 2 aromatic heterocycles. The molecule has 0 amide bonds. The number of carbonyl (C=O) groups excluding carboxylic acids is 2. The number of nitrogens with zero attached hydrogens (tertiary/aromatic N) is 4. The molecule has 0 aliphatic carbocycles. The lowest BCUT2D eigenvalue weighted by molar-refractivity contribution is -0.143. The number of aromatic nitrogens is 4. The molecule has 0 N–H and O–H groups in total. The van der Waals surface area contributed by atoms with Gasteiger partial charge in [-0.2, -0.15) is 16.1 Å². The highest BCUT2D eigenvalue weighted by Crippen LogP contribution is 2.16. The number of aryl methyl sites for hydroxylation is 2. The number of thiophene rings is 1. The van der Waals surface area contributed by atoms with E-state index in [4.69, 9.17) is 4.74 Å². The predicted octanol–water partition coefficient (Wildman–Crippen LogP) is 2.44. The lowest BCUT2D eigenvalue weighted by Gasteiger charge is -2.07. The minimum absolute atomic E-state index is 0.197. The molecular weight excluding hydrogens is 340 g/mol. The third kappa shape index (κ3) is 4.16. The number of Topliss-reactive ketones (excluding diaryl/α,β-unsaturated/α-hetero) is 1. The minimum Gasteiger partial charge on any atom is -0.456 e. The summed E-state index contributed by atoms with van der Waals surface area (Å²) in [5, 5.41) is 15.6. The first kappa shape index (κ1) is 17.0. The molecular formula is C17H16N4O3S. The van der Waals surface area contributed by atoms with Crippen molar-refractivity contribution < 1.29 is 14.3 Å². The fraction of sp³-hybridized carbons (Fsp3) is 0.235. The molecule has 0 aliphatic heterocycles. The van der Waals surface area contributed by atoms with Crippen LogP contribution >= 0.6 is 11.3 Å². The van der Waals surface area contributed by atoms with Crippen LogP contribution in [0.3, 0.4) is 0 Å². The molecule has 3 aromatic rings. The molecule has 2 heterocycles. The van der Waals surface area contributed by atoms with Crippen LogP contribution in [0.15, 0.2) is 35.0 Å². The van der Waals surface area contributed by atoms with E-state index in [0.29, 0.717) is 11.4 Å². The summed E-state index contributed by atoms with van der Waals surface area (Å²) in [6.45, 7) is 3.30. The van der Waals surface area contributed by atoms with Crippen LogP contribution in [0.25, 0.3) is 11.4 Å². The van der Waals surface area contributed by atoms with Crippen molar-refractivity contribution in [2.75, 3.05) is 6.61 Å². The second-order valence-corrected chi connectivity index (χ2v) is 6.34.